The molecular formula is C23H28N2O5S. The molecule has 0 radical (unpaired) electrons. The minimum absolute atomic E-state index is 0.330. The van der Waals surface area contributed by atoms with E-state index in [2.05, 4.69) is 9.80 Å². The largest absolute Gasteiger partial charge is 0.484 e. The fourth-order valence-corrected chi connectivity index (χ4v) is 6.10. The minimum atomic E-state index is -0.447. The number of rotatable bonds is 4. The van der Waals surface area contributed by atoms with Crippen molar-refractivity contribution in [3.8, 4) is 0 Å². The summed E-state index contributed by atoms with van der Waals surface area (Å²) in [6.45, 7) is 6.27. The van der Waals surface area contributed by atoms with Gasteiger partial charge >= 0.3 is 0 Å². The van der Waals surface area contributed by atoms with Gasteiger partial charge in [-0.25, -0.2) is 0 Å². The van der Waals surface area contributed by atoms with Crippen molar-refractivity contribution < 1.29 is 24.2 Å². The number of aliphatic hydroxyl groups excluding tert-OH is 1. The number of β-amino-alcohol motifs (C(OH)–C–C–N with tert-alkyl or cyclic N) is 1. The number of morpholine rings is 1. The number of hydrogen-bond donors (Lipinski definition) is 1. The van der Waals surface area contributed by atoms with Gasteiger partial charge in [-0.15, -0.1) is 11.8 Å². The van der Waals surface area contributed by atoms with Crippen molar-refractivity contribution in [2.24, 2.45) is 0 Å². The van der Waals surface area contributed by atoms with Crippen molar-refractivity contribution in [1.29, 1.82) is 0 Å². The van der Waals surface area contributed by atoms with Crippen molar-refractivity contribution in [2.75, 3.05) is 58.2 Å². The first-order valence-corrected chi connectivity index (χ1v) is 12.0. The van der Waals surface area contributed by atoms with Crippen LogP contribution in [0.3, 0.4) is 0 Å². The SMILES string of the molecule is O=C1C(=O)c2ccccc2C2=C1SCC1(CCN(CC(O)CN3CCOCC3)CC1)O2. The van der Waals surface area contributed by atoms with Crippen LogP contribution in [0.2, 0.25) is 0 Å². The monoisotopic (exact) mass is 444 g/mol. The molecule has 7 nitrogen and oxygen atoms in total. The van der Waals surface area contributed by atoms with Gasteiger partial charge in [0.1, 0.15) is 16.3 Å². The minimum Gasteiger partial charge on any atom is -0.484 e. The zero-order valence-corrected chi connectivity index (χ0v) is 18.4. The first kappa shape index (κ1) is 21.2. The topological polar surface area (TPSA) is 79.3 Å². The molecular weight excluding hydrogens is 416 g/mol. The van der Waals surface area contributed by atoms with Crippen LogP contribution < -0.4 is 0 Å². The molecule has 166 valence electrons. The molecule has 1 atom stereocenters. The lowest BCUT2D eigenvalue weighted by atomic mass is 9.90. The van der Waals surface area contributed by atoms with Gasteiger partial charge in [0.15, 0.2) is 0 Å². The van der Waals surface area contributed by atoms with Crippen LogP contribution in [0.5, 0.6) is 0 Å². The van der Waals surface area contributed by atoms with E-state index in [1.54, 1.807) is 12.1 Å². The van der Waals surface area contributed by atoms with Crippen molar-refractivity contribution in [3.63, 3.8) is 0 Å². The van der Waals surface area contributed by atoms with E-state index in [9.17, 15) is 14.7 Å². The molecule has 1 unspecified atom stereocenters. The quantitative estimate of drug-likeness (QED) is 0.699. The van der Waals surface area contributed by atoms with Crippen LogP contribution >= 0.6 is 11.8 Å². The number of benzene rings is 1. The Balaban J connectivity index is 1.22. The van der Waals surface area contributed by atoms with E-state index in [1.807, 2.05) is 12.1 Å². The normalized spacial score (nSPS) is 25.2. The number of ether oxygens (including phenoxy) is 2. The Bertz CT molecular complexity index is 903. The Labute approximate surface area is 186 Å². The summed E-state index contributed by atoms with van der Waals surface area (Å²) in [4.78, 5) is 30.0. The summed E-state index contributed by atoms with van der Waals surface area (Å²) in [6, 6.07) is 7.22. The van der Waals surface area contributed by atoms with Gasteiger partial charge in [-0.1, -0.05) is 24.3 Å². The van der Waals surface area contributed by atoms with E-state index in [1.165, 1.54) is 11.8 Å². The first-order valence-electron chi connectivity index (χ1n) is 11.0. The molecule has 8 heteroatoms. The van der Waals surface area contributed by atoms with Gasteiger partial charge in [0.05, 0.1) is 19.3 Å². The van der Waals surface area contributed by atoms with Gasteiger partial charge < -0.3 is 19.5 Å². The van der Waals surface area contributed by atoms with E-state index in [-0.39, 0.29) is 11.7 Å². The lowest BCUT2D eigenvalue weighted by Crippen LogP contribution is -2.52. The number of carbonyl (C=O) groups excluding carboxylic acids is 2. The number of piperidine rings is 1. The summed E-state index contributed by atoms with van der Waals surface area (Å²) in [5.41, 5.74) is 0.841. The van der Waals surface area contributed by atoms with Crippen LogP contribution in [0, 0.1) is 0 Å². The van der Waals surface area contributed by atoms with E-state index in [0.29, 0.717) is 35.1 Å². The van der Waals surface area contributed by atoms with E-state index in [0.717, 1.165) is 57.8 Å². The molecule has 0 aromatic heterocycles. The van der Waals surface area contributed by atoms with Gasteiger partial charge in [0.25, 0.3) is 0 Å². The molecule has 2 saturated heterocycles. The van der Waals surface area contributed by atoms with Gasteiger partial charge in [0.2, 0.25) is 11.6 Å². The Kier molecular flexibility index (Phi) is 5.92. The van der Waals surface area contributed by atoms with Crippen LogP contribution in [-0.4, -0.2) is 96.4 Å². The molecule has 5 rings (SSSR count). The number of allylic oxidation sites excluding steroid dienone is 1. The Morgan fingerprint density at radius 2 is 1.61 bits per heavy atom. The smallest absolute Gasteiger partial charge is 0.243 e. The number of carbonyl (C=O) groups is 2. The number of Topliss-reactive ketones (excluding diaryl/α,β-unsaturated/α-hetero) is 2. The zero-order chi connectivity index (χ0) is 21.4. The number of thioether (sulfide) groups is 1. The number of nitrogens with zero attached hydrogens (tertiary/aromatic N) is 2. The predicted molar refractivity (Wildman–Crippen MR) is 118 cm³/mol. The van der Waals surface area contributed by atoms with Crippen LogP contribution in [0.4, 0.5) is 0 Å². The Morgan fingerprint density at radius 3 is 2.32 bits per heavy atom. The molecule has 3 heterocycles. The third-order valence-electron chi connectivity index (χ3n) is 6.64. The Morgan fingerprint density at radius 1 is 0.968 bits per heavy atom. The fraction of sp³-hybridized carbons (Fsp3) is 0.565. The number of fused-ring (bicyclic) bond motifs is 2. The molecule has 1 aromatic rings. The van der Waals surface area contributed by atoms with Crippen LogP contribution in [0.1, 0.15) is 28.8 Å². The van der Waals surface area contributed by atoms with Crippen molar-refractivity contribution >= 4 is 29.1 Å². The number of aliphatic hydroxyl groups is 1. The van der Waals surface area contributed by atoms with Crippen LogP contribution in [0.25, 0.3) is 5.76 Å². The first-order chi connectivity index (χ1) is 15.0. The standard InChI is InChI=1S/C23H28N2O5S/c26-16(14-25-9-11-29-12-10-25)13-24-7-5-23(6-8-24)15-31-22-20(28)19(27)17-3-1-2-4-18(17)21(22)30-23/h1-4,16,26H,5-15H2. The molecule has 4 aliphatic rings. The van der Waals surface area contributed by atoms with E-state index >= 15 is 0 Å². The highest BCUT2D eigenvalue weighted by atomic mass is 32.2. The second kappa shape index (κ2) is 8.67. The number of ketones is 2. The van der Waals surface area contributed by atoms with Gasteiger partial charge in [-0.2, -0.15) is 0 Å². The van der Waals surface area contributed by atoms with Crippen LogP contribution in [-0.2, 0) is 14.3 Å². The lowest BCUT2D eigenvalue weighted by molar-refractivity contribution is -0.111. The summed E-state index contributed by atoms with van der Waals surface area (Å²) in [6.07, 6.45) is 1.30. The second-order valence-corrected chi connectivity index (χ2v) is 9.79. The highest BCUT2D eigenvalue weighted by Crippen LogP contribution is 2.47. The number of likely N-dealkylation sites (tertiary alicyclic amines) is 1. The third-order valence-corrected chi connectivity index (χ3v) is 7.97. The average molecular weight is 445 g/mol. The summed E-state index contributed by atoms with van der Waals surface area (Å²) in [7, 11) is 0. The average Bonchev–Trinajstić information content (AvgIpc) is 2.80. The van der Waals surface area contributed by atoms with Crippen molar-refractivity contribution in [3.05, 3.63) is 40.3 Å². The van der Waals surface area contributed by atoms with Crippen molar-refractivity contribution in [2.45, 2.75) is 24.5 Å². The van der Waals surface area contributed by atoms with E-state index in [4.69, 9.17) is 9.47 Å². The molecule has 3 aliphatic heterocycles. The Hall–Kier alpha value is -1.71. The molecule has 1 N–H and O–H groups in total. The van der Waals surface area contributed by atoms with E-state index < -0.39 is 11.6 Å². The maximum Gasteiger partial charge on any atom is 0.243 e. The maximum absolute atomic E-state index is 12.6. The molecule has 0 bridgehead atoms. The molecule has 1 spiro atoms. The van der Waals surface area contributed by atoms with Crippen molar-refractivity contribution in [1.82, 2.24) is 9.80 Å². The summed E-state index contributed by atoms with van der Waals surface area (Å²) < 4.78 is 11.9. The molecule has 1 aliphatic carbocycles. The summed E-state index contributed by atoms with van der Waals surface area (Å²) in [5.74, 6) is 0.372. The maximum atomic E-state index is 12.6. The molecule has 2 fully saturated rings. The lowest BCUT2D eigenvalue weighted by Gasteiger charge is -2.45. The summed E-state index contributed by atoms with van der Waals surface area (Å²) >= 11 is 1.46. The highest BCUT2D eigenvalue weighted by molar-refractivity contribution is 8.04. The van der Waals surface area contributed by atoms with Gasteiger partial charge in [0, 0.05) is 69.0 Å². The predicted octanol–water partition coefficient (Wildman–Crippen LogP) is 1.41. The zero-order valence-electron chi connectivity index (χ0n) is 17.5. The molecule has 0 saturated carbocycles. The van der Waals surface area contributed by atoms with Gasteiger partial charge in [-0.3, -0.25) is 14.5 Å². The van der Waals surface area contributed by atoms with Crippen LogP contribution in [0.15, 0.2) is 29.2 Å². The second-order valence-electron chi connectivity index (χ2n) is 8.80. The summed E-state index contributed by atoms with van der Waals surface area (Å²) in [5, 5.41) is 10.5. The third kappa shape index (κ3) is 4.19. The highest BCUT2D eigenvalue weighted by Gasteiger charge is 2.46. The molecule has 31 heavy (non-hydrogen) atoms. The number of hydrogen-bond acceptors (Lipinski definition) is 8. The van der Waals surface area contributed by atoms with Gasteiger partial charge in [-0.05, 0) is 0 Å². The fourth-order valence-electron chi connectivity index (χ4n) is 4.84. The molecule has 0 amide bonds. The molecule has 1 aromatic carbocycles.